The van der Waals surface area contributed by atoms with Gasteiger partial charge in [-0.05, 0) is 30.3 Å². The van der Waals surface area contributed by atoms with Crippen LogP contribution in [-0.4, -0.2) is 47.8 Å². The van der Waals surface area contributed by atoms with E-state index in [1.54, 1.807) is 34.1 Å². The number of amides is 2. The first-order chi connectivity index (χ1) is 13.0. The Hall–Kier alpha value is -2.50. The molecule has 1 saturated heterocycles. The number of fused-ring (bicyclic) bond motifs is 1. The van der Waals surface area contributed by atoms with Gasteiger partial charge in [0.2, 0.25) is 0 Å². The van der Waals surface area contributed by atoms with Gasteiger partial charge in [0.1, 0.15) is 5.58 Å². The number of carbonyl (C=O) groups excluding carboxylic acids is 2. The van der Waals surface area contributed by atoms with Crippen LogP contribution in [0.1, 0.15) is 20.9 Å². The van der Waals surface area contributed by atoms with Gasteiger partial charge in [-0.15, -0.1) is 0 Å². The molecule has 7 heteroatoms. The highest BCUT2D eigenvalue weighted by Crippen LogP contribution is 2.24. The number of hydrogen-bond donors (Lipinski definition) is 0. The molecule has 0 N–H and O–H groups in total. The van der Waals surface area contributed by atoms with E-state index in [2.05, 4.69) is 0 Å². The minimum atomic E-state index is -0.182. The van der Waals surface area contributed by atoms with E-state index in [-0.39, 0.29) is 11.8 Å². The lowest BCUT2D eigenvalue weighted by Gasteiger charge is -2.34. The number of hydrogen-bond acceptors (Lipinski definition) is 3. The molecular formula is C20H16Cl2N2O3. The number of rotatable bonds is 2. The summed E-state index contributed by atoms with van der Waals surface area (Å²) in [5.41, 5.74) is 1.06. The fourth-order valence-corrected chi connectivity index (χ4v) is 3.56. The summed E-state index contributed by atoms with van der Waals surface area (Å²) < 4.78 is 5.65. The first-order valence-electron chi connectivity index (χ1n) is 8.55. The van der Waals surface area contributed by atoms with Crippen LogP contribution in [0.3, 0.4) is 0 Å². The zero-order chi connectivity index (χ0) is 19.0. The standard InChI is InChI=1S/C20H16Cl2N2O3/c21-14-5-6-16(22)15(12-14)19(25)23-7-9-24(10-8-23)20(26)18-11-13-3-1-2-4-17(13)27-18/h1-6,11-12H,7-10H2. The average molecular weight is 403 g/mol. The molecule has 0 atom stereocenters. The lowest BCUT2D eigenvalue weighted by Crippen LogP contribution is -2.50. The zero-order valence-corrected chi connectivity index (χ0v) is 15.8. The maximum absolute atomic E-state index is 12.7. The molecule has 27 heavy (non-hydrogen) atoms. The Bertz CT molecular complexity index is 990. The highest BCUT2D eigenvalue weighted by molar-refractivity contribution is 6.35. The van der Waals surface area contributed by atoms with E-state index in [1.807, 2.05) is 24.3 Å². The molecule has 2 heterocycles. The summed E-state index contributed by atoms with van der Waals surface area (Å²) in [5.74, 6) is -0.0358. The molecule has 3 aromatic rings. The molecule has 0 spiro atoms. The van der Waals surface area contributed by atoms with Gasteiger partial charge in [0.25, 0.3) is 11.8 Å². The highest BCUT2D eigenvalue weighted by Gasteiger charge is 2.28. The first kappa shape index (κ1) is 17.9. The molecule has 1 aliphatic heterocycles. The van der Waals surface area contributed by atoms with Crippen LogP contribution in [0.5, 0.6) is 0 Å². The minimum Gasteiger partial charge on any atom is -0.451 e. The first-order valence-corrected chi connectivity index (χ1v) is 9.31. The van der Waals surface area contributed by atoms with Crippen LogP contribution in [0, 0.1) is 0 Å². The summed E-state index contributed by atoms with van der Waals surface area (Å²) in [6.07, 6.45) is 0. The van der Waals surface area contributed by atoms with Crippen LogP contribution in [0.15, 0.2) is 52.9 Å². The van der Waals surface area contributed by atoms with Crippen molar-refractivity contribution in [1.82, 2.24) is 9.80 Å². The summed E-state index contributed by atoms with van der Waals surface area (Å²) in [4.78, 5) is 28.8. The van der Waals surface area contributed by atoms with E-state index in [0.717, 1.165) is 5.39 Å². The van der Waals surface area contributed by atoms with Crippen molar-refractivity contribution in [3.63, 3.8) is 0 Å². The van der Waals surface area contributed by atoms with Crippen molar-refractivity contribution in [2.75, 3.05) is 26.2 Å². The normalized spacial score (nSPS) is 14.6. The number of furan rings is 1. The van der Waals surface area contributed by atoms with Gasteiger partial charge in [0.05, 0.1) is 10.6 Å². The summed E-state index contributed by atoms with van der Waals surface area (Å²) in [7, 11) is 0. The molecule has 5 nitrogen and oxygen atoms in total. The third-order valence-corrected chi connectivity index (χ3v) is 5.21. The van der Waals surface area contributed by atoms with Gasteiger partial charge in [-0.3, -0.25) is 9.59 Å². The number of nitrogens with zero attached hydrogens (tertiary/aromatic N) is 2. The van der Waals surface area contributed by atoms with Gasteiger partial charge in [0.15, 0.2) is 5.76 Å². The van der Waals surface area contributed by atoms with Crippen LogP contribution in [-0.2, 0) is 0 Å². The SMILES string of the molecule is O=C(c1cc2ccccc2o1)N1CCN(C(=O)c2cc(Cl)ccc2Cl)CC1. The van der Waals surface area contributed by atoms with Crippen molar-refractivity contribution in [3.8, 4) is 0 Å². The van der Waals surface area contributed by atoms with E-state index >= 15 is 0 Å². The summed E-state index contributed by atoms with van der Waals surface area (Å²) >= 11 is 12.1. The molecule has 1 aliphatic rings. The fourth-order valence-electron chi connectivity index (χ4n) is 3.19. The van der Waals surface area contributed by atoms with Crippen LogP contribution in [0.2, 0.25) is 10.0 Å². The van der Waals surface area contributed by atoms with Gasteiger partial charge in [-0.25, -0.2) is 0 Å². The molecule has 0 saturated carbocycles. The Morgan fingerprint density at radius 2 is 1.52 bits per heavy atom. The smallest absolute Gasteiger partial charge is 0.289 e. The Balaban J connectivity index is 1.44. The van der Waals surface area contributed by atoms with Crippen molar-refractivity contribution in [2.45, 2.75) is 0 Å². The van der Waals surface area contributed by atoms with E-state index in [9.17, 15) is 9.59 Å². The molecule has 2 amide bonds. The summed E-state index contributed by atoms with van der Waals surface area (Å²) in [6.45, 7) is 1.71. The molecule has 138 valence electrons. The zero-order valence-electron chi connectivity index (χ0n) is 14.3. The molecule has 0 unspecified atom stereocenters. The quantitative estimate of drug-likeness (QED) is 0.640. The third kappa shape index (κ3) is 3.53. The molecule has 0 bridgehead atoms. The van der Waals surface area contributed by atoms with Gasteiger partial charge in [-0.2, -0.15) is 0 Å². The van der Waals surface area contributed by atoms with E-state index < -0.39 is 0 Å². The van der Waals surface area contributed by atoms with Crippen molar-refractivity contribution in [2.24, 2.45) is 0 Å². The lowest BCUT2D eigenvalue weighted by atomic mass is 10.1. The van der Waals surface area contributed by atoms with E-state index in [0.29, 0.717) is 53.1 Å². The topological polar surface area (TPSA) is 53.8 Å². The largest absolute Gasteiger partial charge is 0.451 e. The highest BCUT2D eigenvalue weighted by atomic mass is 35.5. The Kier molecular flexibility index (Phi) is 4.81. The second kappa shape index (κ2) is 7.25. The third-order valence-electron chi connectivity index (χ3n) is 4.65. The average Bonchev–Trinajstić information content (AvgIpc) is 3.13. The van der Waals surface area contributed by atoms with Crippen molar-refractivity contribution < 1.29 is 14.0 Å². The molecule has 2 aromatic carbocycles. The summed E-state index contributed by atoms with van der Waals surface area (Å²) in [5, 5.41) is 1.72. The summed E-state index contributed by atoms with van der Waals surface area (Å²) in [6, 6.07) is 14.1. The second-order valence-electron chi connectivity index (χ2n) is 6.36. The van der Waals surface area contributed by atoms with E-state index in [1.165, 1.54) is 0 Å². The maximum atomic E-state index is 12.7. The fraction of sp³-hybridized carbons (Fsp3) is 0.200. The molecule has 0 radical (unpaired) electrons. The predicted molar refractivity (Wildman–Crippen MR) is 104 cm³/mol. The van der Waals surface area contributed by atoms with Gasteiger partial charge in [0, 0.05) is 36.6 Å². The minimum absolute atomic E-state index is 0.168. The lowest BCUT2D eigenvalue weighted by molar-refractivity contribution is 0.0519. The van der Waals surface area contributed by atoms with Gasteiger partial charge in [-0.1, -0.05) is 41.4 Å². The number of halogens is 2. The van der Waals surface area contributed by atoms with Crippen LogP contribution < -0.4 is 0 Å². The van der Waals surface area contributed by atoms with Crippen molar-refractivity contribution in [1.29, 1.82) is 0 Å². The monoisotopic (exact) mass is 402 g/mol. The van der Waals surface area contributed by atoms with Gasteiger partial charge >= 0.3 is 0 Å². The Morgan fingerprint density at radius 3 is 2.22 bits per heavy atom. The molecule has 1 aromatic heterocycles. The Morgan fingerprint density at radius 1 is 0.852 bits per heavy atom. The molecule has 4 rings (SSSR count). The van der Waals surface area contributed by atoms with Crippen molar-refractivity contribution >= 4 is 46.0 Å². The predicted octanol–water partition coefficient (Wildman–Crippen LogP) is 4.34. The van der Waals surface area contributed by atoms with Crippen molar-refractivity contribution in [3.05, 3.63) is 69.9 Å². The number of para-hydroxylation sites is 1. The number of piperazine rings is 1. The maximum Gasteiger partial charge on any atom is 0.289 e. The Labute approximate surface area is 166 Å². The van der Waals surface area contributed by atoms with Crippen LogP contribution in [0.25, 0.3) is 11.0 Å². The van der Waals surface area contributed by atoms with Crippen LogP contribution in [0.4, 0.5) is 0 Å². The molecule has 1 fully saturated rings. The molecule has 0 aliphatic carbocycles. The van der Waals surface area contributed by atoms with Gasteiger partial charge < -0.3 is 14.2 Å². The number of benzene rings is 2. The van der Waals surface area contributed by atoms with E-state index in [4.69, 9.17) is 27.6 Å². The van der Waals surface area contributed by atoms with Crippen LogP contribution >= 0.6 is 23.2 Å². The molecular weight excluding hydrogens is 387 g/mol. The number of carbonyl (C=O) groups is 2. The second-order valence-corrected chi connectivity index (χ2v) is 7.20.